The maximum Gasteiger partial charge on any atom is 0.277 e. The molecule has 0 fully saturated rings. The van der Waals surface area contributed by atoms with E-state index >= 15 is 0 Å². The number of hydrogen-bond donors (Lipinski definition) is 0. The Kier molecular flexibility index (Phi) is 5.82. The summed E-state index contributed by atoms with van der Waals surface area (Å²) in [5, 5.41) is 8.74. The predicted octanol–water partition coefficient (Wildman–Crippen LogP) is 4.67. The number of carbonyl (C=O) groups excluding carboxylic acids is 1. The second-order valence-corrected chi connectivity index (χ2v) is 9.37. The van der Waals surface area contributed by atoms with Crippen LogP contribution < -0.4 is 0 Å². The van der Waals surface area contributed by atoms with E-state index in [0.717, 1.165) is 29.2 Å². The molecule has 5 nitrogen and oxygen atoms in total. The topological polar surface area (TPSA) is 59.2 Å². The number of rotatable bonds is 6. The van der Waals surface area contributed by atoms with Crippen molar-refractivity contribution < 1.29 is 9.21 Å². The highest BCUT2D eigenvalue weighted by atomic mass is 32.2. The van der Waals surface area contributed by atoms with Gasteiger partial charge in [-0.3, -0.25) is 4.79 Å². The summed E-state index contributed by atoms with van der Waals surface area (Å²) in [5.74, 6) is 1.61. The molecule has 28 heavy (non-hydrogen) atoms. The minimum absolute atomic E-state index is 0.0363. The number of benzene rings is 1. The quantitative estimate of drug-likeness (QED) is 0.550. The van der Waals surface area contributed by atoms with E-state index in [1.54, 1.807) is 16.2 Å². The molecule has 1 aliphatic rings. The van der Waals surface area contributed by atoms with Gasteiger partial charge in [-0.1, -0.05) is 49.0 Å². The number of aromatic nitrogens is 2. The van der Waals surface area contributed by atoms with Crippen molar-refractivity contribution in [2.45, 2.75) is 38.0 Å². The lowest BCUT2D eigenvalue weighted by molar-refractivity contribution is -0.127. The SMILES string of the molecule is C[C@H]1CCc2sc(-c3nnc(SCC(=O)N(C)Cc4ccccc4)o3)cc2C1. The van der Waals surface area contributed by atoms with E-state index < -0.39 is 0 Å². The molecule has 146 valence electrons. The maximum atomic E-state index is 12.4. The molecule has 2 aromatic heterocycles. The molecule has 0 radical (unpaired) electrons. The van der Waals surface area contributed by atoms with Gasteiger partial charge in [-0.2, -0.15) is 0 Å². The van der Waals surface area contributed by atoms with Gasteiger partial charge in [0.15, 0.2) is 0 Å². The molecule has 0 unspecified atom stereocenters. The lowest BCUT2D eigenvalue weighted by Gasteiger charge is -2.16. The minimum Gasteiger partial charge on any atom is -0.410 e. The number of aryl methyl sites for hydroxylation is 1. The third-order valence-corrected chi connectivity index (χ3v) is 6.98. The molecule has 1 atom stereocenters. The molecule has 0 N–H and O–H groups in total. The molecule has 0 saturated heterocycles. The molecule has 4 rings (SSSR count). The van der Waals surface area contributed by atoms with Crippen LogP contribution in [0.5, 0.6) is 0 Å². The molecule has 1 aliphatic carbocycles. The number of carbonyl (C=O) groups is 1. The van der Waals surface area contributed by atoms with E-state index in [1.807, 2.05) is 37.4 Å². The molecule has 0 aliphatic heterocycles. The van der Waals surface area contributed by atoms with Gasteiger partial charge >= 0.3 is 0 Å². The van der Waals surface area contributed by atoms with Crippen LogP contribution in [0.1, 0.15) is 29.3 Å². The Hall–Kier alpha value is -2.12. The average molecular weight is 414 g/mol. The molecule has 7 heteroatoms. The fourth-order valence-corrected chi connectivity index (χ4v) is 5.19. The molecule has 2 heterocycles. The number of nitrogens with zero attached hydrogens (tertiary/aromatic N) is 3. The highest BCUT2D eigenvalue weighted by Gasteiger charge is 2.21. The lowest BCUT2D eigenvalue weighted by Crippen LogP contribution is -2.27. The van der Waals surface area contributed by atoms with Crippen LogP contribution in [0, 0.1) is 5.92 Å². The third kappa shape index (κ3) is 4.47. The third-order valence-electron chi connectivity index (χ3n) is 4.95. The second kappa shape index (κ2) is 8.49. The van der Waals surface area contributed by atoms with E-state index in [2.05, 4.69) is 23.2 Å². The van der Waals surface area contributed by atoms with Gasteiger partial charge < -0.3 is 9.32 Å². The van der Waals surface area contributed by atoms with Crippen molar-refractivity contribution in [3.8, 4) is 10.8 Å². The summed E-state index contributed by atoms with van der Waals surface area (Å²) in [6, 6.07) is 12.2. The van der Waals surface area contributed by atoms with Gasteiger partial charge in [0.2, 0.25) is 5.91 Å². The van der Waals surface area contributed by atoms with Crippen molar-refractivity contribution in [2.75, 3.05) is 12.8 Å². The van der Waals surface area contributed by atoms with Crippen molar-refractivity contribution in [3.05, 3.63) is 52.4 Å². The molecule has 0 saturated carbocycles. The van der Waals surface area contributed by atoms with Crippen LogP contribution in [-0.2, 0) is 24.2 Å². The standard InChI is InChI=1S/C21H23N3O2S2/c1-14-8-9-17-16(10-14)11-18(28-17)20-22-23-21(26-20)27-13-19(25)24(2)12-15-6-4-3-5-7-15/h3-7,11,14H,8-10,12-13H2,1-2H3/t14-/m0/s1. The Morgan fingerprint density at radius 2 is 2.14 bits per heavy atom. The van der Waals surface area contributed by atoms with E-state index in [0.29, 0.717) is 17.7 Å². The Balaban J connectivity index is 1.34. The van der Waals surface area contributed by atoms with E-state index in [9.17, 15) is 4.79 Å². The highest BCUT2D eigenvalue weighted by Crippen LogP contribution is 2.37. The lowest BCUT2D eigenvalue weighted by atomic mass is 9.90. The number of thiophene rings is 1. The van der Waals surface area contributed by atoms with Crippen molar-refractivity contribution in [3.63, 3.8) is 0 Å². The summed E-state index contributed by atoms with van der Waals surface area (Å²) in [6.45, 7) is 2.89. The molecule has 3 aromatic rings. The fourth-order valence-electron chi connectivity index (χ4n) is 3.36. The summed E-state index contributed by atoms with van der Waals surface area (Å²) >= 11 is 3.04. The van der Waals surface area contributed by atoms with Gasteiger partial charge in [-0.15, -0.1) is 21.5 Å². The monoisotopic (exact) mass is 413 g/mol. The summed E-state index contributed by atoms with van der Waals surface area (Å²) in [6.07, 6.45) is 3.51. The first-order valence-corrected chi connectivity index (χ1v) is 11.2. The van der Waals surface area contributed by atoms with E-state index in [-0.39, 0.29) is 11.7 Å². The summed E-state index contributed by atoms with van der Waals surface area (Å²) in [7, 11) is 1.81. The fraction of sp³-hybridized carbons (Fsp3) is 0.381. The van der Waals surface area contributed by atoms with Gasteiger partial charge in [0.25, 0.3) is 11.1 Å². The van der Waals surface area contributed by atoms with E-state index in [1.165, 1.54) is 28.6 Å². The van der Waals surface area contributed by atoms with Crippen molar-refractivity contribution in [2.24, 2.45) is 5.92 Å². The Morgan fingerprint density at radius 3 is 2.96 bits per heavy atom. The zero-order valence-corrected chi connectivity index (χ0v) is 17.7. The van der Waals surface area contributed by atoms with E-state index in [4.69, 9.17) is 4.42 Å². The van der Waals surface area contributed by atoms with Gasteiger partial charge in [-0.25, -0.2) is 0 Å². The smallest absolute Gasteiger partial charge is 0.277 e. The second-order valence-electron chi connectivity index (χ2n) is 7.30. The Bertz CT molecular complexity index is 952. The van der Waals surface area contributed by atoms with Crippen LogP contribution in [-0.4, -0.2) is 33.8 Å². The number of fused-ring (bicyclic) bond motifs is 1. The highest BCUT2D eigenvalue weighted by molar-refractivity contribution is 7.99. The van der Waals surface area contributed by atoms with Crippen molar-refractivity contribution in [1.82, 2.24) is 15.1 Å². The van der Waals surface area contributed by atoms with Crippen molar-refractivity contribution >= 4 is 29.0 Å². The molecule has 1 amide bonds. The number of hydrogen-bond acceptors (Lipinski definition) is 6. The van der Waals surface area contributed by atoms with Crippen LogP contribution in [0.3, 0.4) is 0 Å². The normalized spacial score (nSPS) is 16.0. The summed E-state index contributed by atoms with van der Waals surface area (Å²) < 4.78 is 5.80. The summed E-state index contributed by atoms with van der Waals surface area (Å²) in [5.41, 5.74) is 2.53. The van der Waals surface area contributed by atoms with Gasteiger partial charge in [0, 0.05) is 18.5 Å². The Morgan fingerprint density at radius 1 is 1.32 bits per heavy atom. The first-order chi connectivity index (χ1) is 13.6. The van der Waals surface area contributed by atoms with Gasteiger partial charge in [-0.05, 0) is 42.4 Å². The molecule has 0 spiro atoms. The Labute approximate surface area is 173 Å². The van der Waals surface area contributed by atoms with Gasteiger partial charge in [0.1, 0.15) is 0 Å². The van der Waals surface area contributed by atoms with Crippen molar-refractivity contribution in [1.29, 1.82) is 0 Å². The van der Waals surface area contributed by atoms with Crippen LogP contribution in [0.2, 0.25) is 0 Å². The molecule has 0 bridgehead atoms. The first-order valence-electron chi connectivity index (χ1n) is 9.44. The van der Waals surface area contributed by atoms with Gasteiger partial charge in [0.05, 0.1) is 10.6 Å². The maximum absolute atomic E-state index is 12.4. The number of thioether (sulfide) groups is 1. The first kappa shape index (κ1) is 19.2. The van der Waals surface area contributed by atoms with Crippen LogP contribution in [0.25, 0.3) is 10.8 Å². The largest absolute Gasteiger partial charge is 0.410 e. The average Bonchev–Trinajstić information content (AvgIpc) is 3.33. The summed E-state index contributed by atoms with van der Waals surface area (Å²) in [4.78, 5) is 16.6. The van der Waals surface area contributed by atoms with Crippen LogP contribution in [0.4, 0.5) is 0 Å². The minimum atomic E-state index is 0.0363. The van der Waals surface area contributed by atoms with Crippen LogP contribution in [0.15, 0.2) is 46.0 Å². The van der Waals surface area contributed by atoms with Crippen LogP contribution >= 0.6 is 23.1 Å². The zero-order chi connectivity index (χ0) is 19.5. The molecule has 1 aromatic carbocycles. The molecular formula is C21H23N3O2S2. The number of amides is 1. The predicted molar refractivity (Wildman–Crippen MR) is 112 cm³/mol. The zero-order valence-electron chi connectivity index (χ0n) is 16.1. The molecular weight excluding hydrogens is 390 g/mol.